The van der Waals surface area contributed by atoms with Crippen molar-refractivity contribution in [3.8, 4) is 0 Å². The first-order chi connectivity index (χ1) is 18.0. The van der Waals surface area contributed by atoms with E-state index in [1.165, 1.54) is 11.1 Å². The van der Waals surface area contributed by atoms with Crippen LogP contribution in [0.25, 0.3) is 0 Å². The molecule has 4 rings (SSSR count). The molecule has 0 unspecified atom stereocenters. The van der Waals surface area contributed by atoms with E-state index < -0.39 is 28.7 Å². The number of rotatable bonds is 9. The fourth-order valence-corrected chi connectivity index (χ4v) is 5.08. The summed E-state index contributed by atoms with van der Waals surface area (Å²) < 4.78 is 13.2. The summed E-state index contributed by atoms with van der Waals surface area (Å²) in [5.41, 5.74) is 6.36. The molecule has 0 saturated carbocycles. The predicted octanol–water partition coefficient (Wildman–Crippen LogP) is 2.05. The van der Waals surface area contributed by atoms with Crippen molar-refractivity contribution < 1.29 is 18.8 Å². The number of carbonyl (C=O) groups is 3. The molecule has 9 nitrogen and oxygen atoms in total. The number of hydrogen-bond donors (Lipinski definition) is 2. The minimum atomic E-state index is -1.17. The lowest BCUT2D eigenvalue weighted by atomic mass is 9.73. The molecule has 0 aliphatic carbocycles. The van der Waals surface area contributed by atoms with Crippen molar-refractivity contribution in [1.29, 1.82) is 0 Å². The van der Waals surface area contributed by atoms with Crippen LogP contribution in [-0.4, -0.2) is 70.0 Å². The molecule has 0 spiro atoms. The standard InChI is InChI=1S/C28H35FN6O3/c1-27(2,30)25(37)32-22(11-7-10-21-13-12-20(29)17-31-21)24(36)35-15-14-23-28(18-35,26(38)34(3)33-23)16-19-8-5-4-6-9-19/h4-6,8-9,12-13,17,22H,7,10-11,14-16,18,30H2,1-3H3,(H,32,37)/t22-,28-/m1/s1. The van der Waals surface area contributed by atoms with E-state index >= 15 is 0 Å². The lowest BCUT2D eigenvalue weighted by Crippen LogP contribution is -2.60. The Labute approximate surface area is 222 Å². The molecule has 202 valence electrons. The predicted molar refractivity (Wildman–Crippen MR) is 141 cm³/mol. The molecule has 1 saturated heterocycles. The van der Waals surface area contributed by atoms with Gasteiger partial charge in [-0.15, -0.1) is 0 Å². The summed E-state index contributed by atoms with van der Waals surface area (Å²) in [7, 11) is 1.64. The number of hydrazone groups is 1. The van der Waals surface area contributed by atoms with Gasteiger partial charge >= 0.3 is 0 Å². The largest absolute Gasteiger partial charge is 0.343 e. The number of nitrogens with one attached hydrogen (secondary N) is 1. The highest BCUT2D eigenvalue weighted by molar-refractivity contribution is 6.13. The van der Waals surface area contributed by atoms with E-state index in [0.29, 0.717) is 44.3 Å². The van der Waals surface area contributed by atoms with Crippen LogP contribution >= 0.6 is 0 Å². The number of piperidine rings is 1. The fraction of sp³-hybridized carbons (Fsp3) is 0.464. The SMILES string of the molecule is CN1N=C2CCN(C(=O)[C@@H](CCCc3ccc(F)cn3)NC(=O)C(C)(C)N)C[C@@]2(Cc2ccccc2)C1=O. The van der Waals surface area contributed by atoms with Crippen molar-refractivity contribution in [2.45, 2.75) is 57.5 Å². The van der Waals surface area contributed by atoms with Gasteiger partial charge in [0.15, 0.2) is 0 Å². The molecule has 1 fully saturated rings. The number of hydrogen-bond acceptors (Lipinski definition) is 6. The minimum absolute atomic E-state index is 0.139. The van der Waals surface area contributed by atoms with E-state index in [0.717, 1.165) is 17.5 Å². The summed E-state index contributed by atoms with van der Waals surface area (Å²) >= 11 is 0. The Hall–Kier alpha value is -3.66. The summed E-state index contributed by atoms with van der Waals surface area (Å²) in [6.45, 7) is 3.74. The summed E-state index contributed by atoms with van der Waals surface area (Å²) in [6, 6.07) is 11.8. The molecule has 0 radical (unpaired) electrons. The zero-order chi connectivity index (χ0) is 27.5. The lowest BCUT2D eigenvalue weighted by molar-refractivity contribution is -0.142. The second-order valence-electron chi connectivity index (χ2n) is 10.7. The Kier molecular flexibility index (Phi) is 7.91. The monoisotopic (exact) mass is 522 g/mol. The van der Waals surface area contributed by atoms with Crippen LogP contribution in [0.15, 0.2) is 53.8 Å². The van der Waals surface area contributed by atoms with Gasteiger partial charge in [-0.05, 0) is 57.2 Å². The Morgan fingerprint density at radius 2 is 1.95 bits per heavy atom. The molecule has 38 heavy (non-hydrogen) atoms. The molecule has 10 heteroatoms. The molecular weight excluding hydrogens is 487 g/mol. The smallest absolute Gasteiger partial charge is 0.256 e. The third-order valence-electron chi connectivity index (χ3n) is 7.17. The Morgan fingerprint density at radius 1 is 1.21 bits per heavy atom. The zero-order valence-corrected chi connectivity index (χ0v) is 22.1. The number of carbonyl (C=O) groups excluding carboxylic acids is 3. The van der Waals surface area contributed by atoms with E-state index in [9.17, 15) is 18.8 Å². The molecule has 1 aromatic heterocycles. The quantitative estimate of drug-likeness (QED) is 0.522. The summed E-state index contributed by atoms with van der Waals surface area (Å²) in [6.07, 6.45) is 3.46. The number of nitrogens with two attached hydrogens (primary N) is 1. The number of nitrogens with zero attached hydrogens (tertiary/aromatic N) is 4. The maximum absolute atomic E-state index is 13.9. The van der Waals surface area contributed by atoms with E-state index in [1.54, 1.807) is 31.9 Å². The van der Waals surface area contributed by atoms with Crippen LogP contribution in [0.1, 0.15) is 44.4 Å². The first-order valence-corrected chi connectivity index (χ1v) is 12.9. The molecule has 3 amide bonds. The molecule has 1 aromatic carbocycles. The van der Waals surface area contributed by atoms with Gasteiger partial charge in [0.2, 0.25) is 11.8 Å². The summed E-state index contributed by atoms with van der Waals surface area (Å²) in [5, 5.41) is 8.71. The van der Waals surface area contributed by atoms with Crippen molar-refractivity contribution >= 4 is 23.4 Å². The third-order valence-corrected chi connectivity index (χ3v) is 7.17. The van der Waals surface area contributed by atoms with Gasteiger partial charge in [-0.2, -0.15) is 5.10 Å². The summed E-state index contributed by atoms with van der Waals surface area (Å²) in [4.78, 5) is 45.8. The summed E-state index contributed by atoms with van der Waals surface area (Å²) in [5.74, 6) is -1.25. The minimum Gasteiger partial charge on any atom is -0.343 e. The lowest BCUT2D eigenvalue weighted by Gasteiger charge is -2.41. The van der Waals surface area contributed by atoms with Crippen LogP contribution in [0, 0.1) is 11.2 Å². The second-order valence-corrected chi connectivity index (χ2v) is 10.7. The van der Waals surface area contributed by atoms with Crippen molar-refractivity contribution in [2.24, 2.45) is 16.3 Å². The maximum atomic E-state index is 13.9. The molecular formula is C28H35FN6O3. The topological polar surface area (TPSA) is 121 Å². The molecule has 0 bridgehead atoms. The van der Waals surface area contributed by atoms with Crippen LogP contribution in [0.4, 0.5) is 4.39 Å². The van der Waals surface area contributed by atoms with Crippen LogP contribution in [0.2, 0.25) is 0 Å². The Balaban J connectivity index is 1.54. The van der Waals surface area contributed by atoms with Gasteiger partial charge in [0.25, 0.3) is 5.91 Å². The van der Waals surface area contributed by atoms with Gasteiger partial charge in [-0.3, -0.25) is 19.4 Å². The van der Waals surface area contributed by atoms with Crippen molar-refractivity contribution in [3.63, 3.8) is 0 Å². The average molecular weight is 523 g/mol. The van der Waals surface area contributed by atoms with Crippen molar-refractivity contribution in [1.82, 2.24) is 20.2 Å². The number of fused-ring (bicyclic) bond motifs is 1. The maximum Gasteiger partial charge on any atom is 0.256 e. The van der Waals surface area contributed by atoms with E-state index in [4.69, 9.17) is 5.73 Å². The van der Waals surface area contributed by atoms with Gasteiger partial charge < -0.3 is 16.0 Å². The zero-order valence-electron chi connectivity index (χ0n) is 22.1. The number of likely N-dealkylation sites (tertiary alicyclic amines) is 1. The van der Waals surface area contributed by atoms with Gasteiger partial charge in [0, 0.05) is 32.3 Å². The van der Waals surface area contributed by atoms with Gasteiger partial charge in [-0.25, -0.2) is 9.40 Å². The van der Waals surface area contributed by atoms with Gasteiger partial charge in [0.05, 0.1) is 17.4 Å². The van der Waals surface area contributed by atoms with E-state index in [2.05, 4.69) is 15.4 Å². The highest BCUT2D eigenvalue weighted by atomic mass is 19.1. The van der Waals surface area contributed by atoms with Crippen molar-refractivity contribution in [3.05, 3.63) is 65.7 Å². The third kappa shape index (κ3) is 5.91. The first-order valence-electron chi connectivity index (χ1n) is 12.9. The number of aryl methyl sites for hydroxylation is 1. The highest BCUT2D eigenvalue weighted by Gasteiger charge is 2.53. The molecule has 2 atom stereocenters. The van der Waals surface area contributed by atoms with Crippen LogP contribution in [-0.2, 0) is 27.2 Å². The molecule has 3 N–H and O–H groups in total. The van der Waals surface area contributed by atoms with Gasteiger partial charge in [-0.1, -0.05) is 30.3 Å². The van der Waals surface area contributed by atoms with Crippen LogP contribution in [0.5, 0.6) is 0 Å². The average Bonchev–Trinajstić information content (AvgIpc) is 3.13. The number of benzene rings is 1. The Morgan fingerprint density at radius 3 is 2.61 bits per heavy atom. The van der Waals surface area contributed by atoms with Crippen LogP contribution in [0.3, 0.4) is 0 Å². The number of aromatic nitrogens is 1. The second kappa shape index (κ2) is 11.0. The van der Waals surface area contributed by atoms with E-state index in [1.807, 2.05) is 30.3 Å². The van der Waals surface area contributed by atoms with Crippen LogP contribution < -0.4 is 11.1 Å². The number of halogens is 1. The number of amides is 3. The molecule has 2 aliphatic heterocycles. The number of pyridine rings is 1. The first kappa shape index (κ1) is 27.4. The molecule has 3 heterocycles. The van der Waals surface area contributed by atoms with Crippen molar-refractivity contribution in [2.75, 3.05) is 20.1 Å². The molecule has 2 aromatic rings. The van der Waals surface area contributed by atoms with E-state index in [-0.39, 0.29) is 18.4 Å². The Bertz CT molecular complexity index is 1210. The highest BCUT2D eigenvalue weighted by Crippen LogP contribution is 2.38. The normalized spacial score (nSPS) is 20.1. The molecule has 2 aliphatic rings. The van der Waals surface area contributed by atoms with Gasteiger partial charge in [0.1, 0.15) is 17.3 Å². The fourth-order valence-electron chi connectivity index (χ4n) is 5.08.